The summed E-state index contributed by atoms with van der Waals surface area (Å²) in [6.07, 6.45) is 6.98. The normalized spacial score (nSPS) is 17.0. The molecule has 0 saturated heterocycles. The van der Waals surface area contributed by atoms with Crippen LogP contribution in [0.25, 0.3) is 11.1 Å². The van der Waals surface area contributed by atoms with Crippen LogP contribution in [0.4, 0.5) is 0 Å². The van der Waals surface area contributed by atoms with Gasteiger partial charge in [-0.25, -0.2) is 4.79 Å². The first-order chi connectivity index (χ1) is 9.72. The number of hydrogen-bond acceptors (Lipinski definition) is 3. The molecule has 5 nitrogen and oxygen atoms in total. The molecule has 1 amide bonds. The molecule has 3 rings (SSSR count). The number of oxazole rings is 1. The highest BCUT2D eigenvalue weighted by Gasteiger charge is 2.16. The number of aromatic nitrogens is 1. The molecule has 0 aliphatic heterocycles. The molecular formula is C15H18N2O3. The summed E-state index contributed by atoms with van der Waals surface area (Å²) in [5.74, 6) is -0.581. The first-order valence-corrected chi connectivity index (χ1v) is 7.16. The standard InChI is InChI=1S/C15H18N2O3/c18-14(16-11-5-3-1-2-4-6-11)10-7-8-13-12(9-10)17-15(19)20-13/h7-9,11H,1-6H2,(H,16,18)(H,17,19). The highest BCUT2D eigenvalue weighted by Crippen LogP contribution is 2.18. The van der Waals surface area contributed by atoms with Crippen LogP contribution in [-0.4, -0.2) is 16.9 Å². The molecule has 5 heteroatoms. The molecule has 0 radical (unpaired) electrons. The van der Waals surface area contributed by atoms with E-state index in [-0.39, 0.29) is 11.9 Å². The number of carbonyl (C=O) groups is 1. The van der Waals surface area contributed by atoms with Gasteiger partial charge in [-0.15, -0.1) is 0 Å². The summed E-state index contributed by atoms with van der Waals surface area (Å²) in [5.41, 5.74) is 1.59. The van der Waals surface area contributed by atoms with Crippen molar-refractivity contribution in [3.05, 3.63) is 34.3 Å². The number of carbonyl (C=O) groups excluding carboxylic acids is 1. The van der Waals surface area contributed by atoms with Crippen molar-refractivity contribution >= 4 is 17.0 Å². The summed E-state index contributed by atoms with van der Waals surface area (Å²) in [5, 5.41) is 3.09. The number of benzene rings is 1. The molecular weight excluding hydrogens is 256 g/mol. The summed E-state index contributed by atoms with van der Waals surface area (Å²) >= 11 is 0. The van der Waals surface area contributed by atoms with Crippen LogP contribution in [0.15, 0.2) is 27.4 Å². The second-order valence-electron chi connectivity index (χ2n) is 5.39. The van der Waals surface area contributed by atoms with E-state index in [1.54, 1.807) is 18.2 Å². The Kier molecular flexibility index (Phi) is 3.58. The molecule has 1 aliphatic rings. The molecule has 0 spiro atoms. The summed E-state index contributed by atoms with van der Waals surface area (Å²) in [6.45, 7) is 0. The van der Waals surface area contributed by atoms with Crippen molar-refractivity contribution in [2.45, 2.75) is 44.6 Å². The van der Waals surface area contributed by atoms with Crippen LogP contribution < -0.4 is 11.1 Å². The van der Waals surface area contributed by atoms with Crippen LogP contribution in [-0.2, 0) is 0 Å². The fourth-order valence-corrected chi connectivity index (χ4v) is 2.79. The van der Waals surface area contributed by atoms with Gasteiger partial charge in [-0.2, -0.15) is 0 Å². The quantitative estimate of drug-likeness (QED) is 0.826. The minimum Gasteiger partial charge on any atom is -0.408 e. The van der Waals surface area contributed by atoms with Crippen molar-refractivity contribution < 1.29 is 9.21 Å². The predicted molar refractivity (Wildman–Crippen MR) is 75.8 cm³/mol. The largest absolute Gasteiger partial charge is 0.417 e. The molecule has 1 aliphatic carbocycles. The van der Waals surface area contributed by atoms with Gasteiger partial charge in [0.25, 0.3) is 5.91 Å². The second kappa shape index (κ2) is 5.53. The maximum atomic E-state index is 12.2. The molecule has 1 aromatic heterocycles. The van der Waals surface area contributed by atoms with Gasteiger partial charge in [-0.05, 0) is 31.0 Å². The lowest BCUT2D eigenvalue weighted by molar-refractivity contribution is 0.0933. The van der Waals surface area contributed by atoms with Crippen molar-refractivity contribution in [1.82, 2.24) is 10.3 Å². The van der Waals surface area contributed by atoms with Crippen molar-refractivity contribution in [2.24, 2.45) is 0 Å². The number of rotatable bonds is 2. The molecule has 1 saturated carbocycles. The highest BCUT2D eigenvalue weighted by atomic mass is 16.4. The number of hydrogen-bond donors (Lipinski definition) is 2. The van der Waals surface area contributed by atoms with Crippen LogP contribution in [0.1, 0.15) is 48.9 Å². The molecule has 0 atom stereocenters. The Morgan fingerprint density at radius 3 is 2.70 bits per heavy atom. The molecule has 0 bridgehead atoms. The van der Waals surface area contributed by atoms with Gasteiger partial charge in [0.15, 0.2) is 5.58 Å². The number of fused-ring (bicyclic) bond motifs is 1. The average Bonchev–Trinajstić information content (AvgIpc) is 2.62. The Labute approximate surface area is 116 Å². The third-order valence-corrected chi connectivity index (χ3v) is 3.87. The van der Waals surface area contributed by atoms with E-state index in [2.05, 4.69) is 10.3 Å². The first kappa shape index (κ1) is 13.0. The Balaban J connectivity index is 1.75. The summed E-state index contributed by atoms with van der Waals surface area (Å²) in [7, 11) is 0. The van der Waals surface area contributed by atoms with E-state index in [4.69, 9.17) is 4.42 Å². The topological polar surface area (TPSA) is 75.1 Å². The van der Waals surface area contributed by atoms with Gasteiger partial charge in [-0.1, -0.05) is 25.7 Å². The van der Waals surface area contributed by atoms with Crippen molar-refractivity contribution in [1.29, 1.82) is 0 Å². The minimum absolute atomic E-state index is 0.0825. The zero-order valence-corrected chi connectivity index (χ0v) is 11.3. The fraction of sp³-hybridized carbons (Fsp3) is 0.467. The molecule has 1 aromatic carbocycles. The van der Waals surface area contributed by atoms with Gasteiger partial charge in [0, 0.05) is 11.6 Å². The minimum atomic E-state index is -0.499. The van der Waals surface area contributed by atoms with Crippen LogP contribution >= 0.6 is 0 Å². The van der Waals surface area contributed by atoms with Crippen LogP contribution in [0.5, 0.6) is 0 Å². The van der Waals surface area contributed by atoms with Gasteiger partial charge >= 0.3 is 5.76 Å². The highest BCUT2D eigenvalue weighted by molar-refractivity contribution is 5.97. The molecule has 106 valence electrons. The van der Waals surface area contributed by atoms with Gasteiger partial charge in [0.2, 0.25) is 0 Å². The number of H-pyrrole nitrogens is 1. The molecule has 0 unspecified atom stereocenters. The lowest BCUT2D eigenvalue weighted by Gasteiger charge is -2.16. The van der Waals surface area contributed by atoms with Gasteiger partial charge in [0.05, 0.1) is 5.52 Å². The molecule has 1 fully saturated rings. The van der Waals surface area contributed by atoms with Crippen molar-refractivity contribution in [3.63, 3.8) is 0 Å². The molecule has 20 heavy (non-hydrogen) atoms. The third-order valence-electron chi connectivity index (χ3n) is 3.87. The maximum absolute atomic E-state index is 12.2. The Morgan fingerprint density at radius 1 is 1.20 bits per heavy atom. The average molecular weight is 274 g/mol. The summed E-state index contributed by atoms with van der Waals surface area (Å²) in [6, 6.07) is 5.26. The Bertz CT molecular complexity index is 663. The summed E-state index contributed by atoms with van der Waals surface area (Å²) < 4.78 is 4.93. The van der Waals surface area contributed by atoms with Crippen molar-refractivity contribution in [2.75, 3.05) is 0 Å². The smallest absolute Gasteiger partial charge is 0.408 e. The third kappa shape index (κ3) is 2.76. The lowest BCUT2D eigenvalue weighted by atomic mass is 10.1. The van der Waals surface area contributed by atoms with E-state index in [1.165, 1.54) is 25.7 Å². The van der Waals surface area contributed by atoms with Gasteiger partial charge < -0.3 is 9.73 Å². The molecule has 2 aromatic rings. The van der Waals surface area contributed by atoms with E-state index in [0.29, 0.717) is 16.7 Å². The monoisotopic (exact) mass is 274 g/mol. The molecule has 2 N–H and O–H groups in total. The Hall–Kier alpha value is -2.04. The van der Waals surface area contributed by atoms with Gasteiger partial charge in [0.1, 0.15) is 0 Å². The lowest BCUT2D eigenvalue weighted by Crippen LogP contribution is -2.34. The maximum Gasteiger partial charge on any atom is 0.417 e. The SMILES string of the molecule is O=C(NC1CCCCCC1)c1ccc2oc(=O)[nH]c2c1. The van der Waals surface area contributed by atoms with E-state index in [0.717, 1.165) is 12.8 Å². The van der Waals surface area contributed by atoms with Crippen LogP contribution in [0.3, 0.4) is 0 Å². The number of nitrogens with one attached hydrogen (secondary N) is 2. The zero-order valence-electron chi connectivity index (χ0n) is 11.3. The van der Waals surface area contributed by atoms with E-state index < -0.39 is 5.76 Å². The van der Waals surface area contributed by atoms with E-state index in [9.17, 15) is 9.59 Å². The second-order valence-corrected chi connectivity index (χ2v) is 5.39. The Morgan fingerprint density at radius 2 is 1.95 bits per heavy atom. The number of amides is 1. The first-order valence-electron chi connectivity index (χ1n) is 7.16. The predicted octanol–water partition coefficient (Wildman–Crippen LogP) is 2.57. The van der Waals surface area contributed by atoms with Crippen molar-refractivity contribution in [3.8, 4) is 0 Å². The zero-order chi connectivity index (χ0) is 13.9. The van der Waals surface area contributed by atoms with Crippen LogP contribution in [0, 0.1) is 0 Å². The number of aromatic amines is 1. The fourth-order valence-electron chi connectivity index (χ4n) is 2.79. The van der Waals surface area contributed by atoms with E-state index in [1.807, 2.05) is 0 Å². The molecule has 1 heterocycles. The van der Waals surface area contributed by atoms with Gasteiger partial charge in [-0.3, -0.25) is 9.78 Å². The summed E-state index contributed by atoms with van der Waals surface area (Å²) in [4.78, 5) is 25.9. The van der Waals surface area contributed by atoms with E-state index >= 15 is 0 Å². The van der Waals surface area contributed by atoms with Crippen LogP contribution in [0.2, 0.25) is 0 Å².